The third-order valence-electron chi connectivity index (χ3n) is 5.35. The number of carbonyl (C=O) groups is 1. The molecule has 1 N–H and O–H groups in total. The van der Waals surface area contributed by atoms with Gasteiger partial charge in [-0.3, -0.25) is 4.79 Å². The van der Waals surface area contributed by atoms with E-state index in [-0.39, 0.29) is 18.1 Å². The second-order valence-electron chi connectivity index (χ2n) is 7.62. The monoisotopic (exact) mass is 455 g/mol. The van der Waals surface area contributed by atoms with Gasteiger partial charge in [-0.1, -0.05) is 42.5 Å². The molecule has 9 heteroatoms. The van der Waals surface area contributed by atoms with Crippen LogP contribution in [0.3, 0.4) is 0 Å². The van der Waals surface area contributed by atoms with Gasteiger partial charge in [0.25, 0.3) is 5.88 Å². The Hall–Kier alpha value is -4.66. The van der Waals surface area contributed by atoms with Crippen molar-refractivity contribution in [3.8, 4) is 17.4 Å². The average Bonchev–Trinajstić information content (AvgIpc) is 3.17. The molecule has 2 aromatic heterocycles. The standard InChI is InChI=1S/C25H21N5O4/c1-16-9-3-7-13-20(16)34-24-23-28-29(15-22(31)26-18-11-5-8-14-21(18)33-2)25(32)30(23)19-12-6-4-10-17(19)27-24/h3-14H,15H2,1-2H3,(H,26,31). The highest BCUT2D eigenvalue weighted by atomic mass is 16.5. The van der Waals surface area contributed by atoms with Gasteiger partial charge in [-0.15, -0.1) is 5.10 Å². The van der Waals surface area contributed by atoms with Crippen molar-refractivity contribution in [3.05, 3.63) is 88.8 Å². The molecule has 1 amide bonds. The highest BCUT2D eigenvalue weighted by Crippen LogP contribution is 2.28. The van der Waals surface area contributed by atoms with Gasteiger partial charge >= 0.3 is 5.69 Å². The first-order valence-electron chi connectivity index (χ1n) is 10.6. The summed E-state index contributed by atoms with van der Waals surface area (Å²) in [5.41, 5.74) is 2.29. The normalized spacial score (nSPS) is 11.0. The number of fused-ring (bicyclic) bond motifs is 3. The van der Waals surface area contributed by atoms with E-state index < -0.39 is 11.6 Å². The number of anilines is 1. The molecular formula is C25H21N5O4. The largest absolute Gasteiger partial charge is 0.495 e. The van der Waals surface area contributed by atoms with Gasteiger partial charge < -0.3 is 14.8 Å². The summed E-state index contributed by atoms with van der Waals surface area (Å²) in [7, 11) is 1.52. The van der Waals surface area contributed by atoms with Crippen LogP contribution in [0.4, 0.5) is 5.69 Å². The van der Waals surface area contributed by atoms with E-state index in [0.717, 1.165) is 10.2 Å². The minimum absolute atomic E-state index is 0.175. The molecule has 0 aliphatic rings. The lowest BCUT2D eigenvalue weighted by atomic mass is 10.2. The van der Waals surface area contributed by atoms with Crippen molar-refractivity contribution < 1.29 is 14.3 Å². The van der Waals surface area contributed by atoms with Gasteiger partial charge in [-0.25, -0.2) is 18.9 Å². The van der Waals surface area contributed by atoms with Gasteiger partial charge in [-0.2, -0.15) is 0 Å². The van der Waals surface area contributed by atoms with Crippen molar-refractivity contribution in [1.29, 1.82) is 0 Å². The maximum absolute atomic E-state index is 13.3. The highest BCUT2D eigenvalue weighted by molar-refractivity contribution is 5.92. The minimum atomic E-state index is -0.474. The predicted octanol–water partition coefficient (Wildman–Crippen LogP) is 3.79. The van der Waals surface area contributed by atoms with E-state index in [1.165, 1.54) is 11.5 Å². The summed E-state index contributed by atoms with van der Waals surface area (Å²) in [6.07, 6.45) is 0. The molecule has 0 fully saturated rings. The Kier molecular flexibility index (Phi) is 5.43. The van der Waals surface area contributed by atoms with Crippen molar-refractivity contribution in [2.24, 2.45) is 0 Å². The lowest BCUT2D eigenvalue weighted by Gasteiger charge is -2.09. The molecule has 0 saturated heterocycles. The van der Waals surface area contributed by atoms with E-state index in [1.807, 2.05) is 43.3 Å². The van der Waals surface area contributed by atoms with Gasteiger partial charge in [0.2, 0.25) is 11.6 Å². The number of hydrogen-bond donors (Lipinski definition) is 1. The van der Waals surface area contributed by atoms with Crippen molar-refractivity contribution in [1.82, 2.24) is 19.2 Å². The van der Waals surface area contributed by atoms with Crippen LogP contribution in [-0.2, 0) is 11.3 Å². The third-order valence-corrected chi connectivity index (χ3v) is 5.35. The van der Waals surface area contributed by atoms with E-state index in [9.17, 15) is 9.59 Å². The van der Waals surface area contributed by atoms with Crippen molar-refractivity contribution in [3.63, 3.8) is 0 Å². The number of ether oxygens (including phenoxy) is 2. The Morgan fingerprint density at radius 3 is 2.47 bits per heavy atom. The fourth-order valence-corrected chi connectivity index (χ4v) is 3.69. The number of nitrogens with zero attached hydrogens (tertiary/aromatic N) is 4. The molecule has 0 aliphatic heterocycles. The maximum Gasteiger partial charge on any atom is 0.351 e. The SMILES string of the molecule is COc1ccccc1NC(=O)Cn1nc2c(Oc3ccccc3C)nc3ccccc3n2c1=O. The zero-order chi connectivity index (χ0) is 23.7. The Bertz CT molecular complexity index is 1590. The molecule has 0 radical (unpaired) electrons. The molecular weight excluding hydrogens is 434 g/mol. The first-order chi connectivity index (χ1) is 16.5. The van der Waals surface area contributed by atoms with Crippen LogP contribution in [0.25, 0.3) is 16.7 Å². The molecule has 2 heterocycles. The smallest absolute Gasteiger partial charge is 0.351 e. The summed E-state index contributed by atoms with van der Waals surface area (Å²) >= 11 is 0. The van der Waals surface area contributed by atoms with Crippen LogP contribution in [0.5, 0.6) is 17.4 Å². The Morgan fingerprint density at radius 2 is 1.68 bits per heavy atom. The number of amides is 1. The topological polar surface area (TPSA) is 99.8 Å². The molecule has 0 saturated carbocycles. The first kappa shape index (κ1) is 21.2. The summed E-state index contributed by atoms with van der Waals surface area (Å²) in [5, 5.41) is 7.16. The fourth-order valence-electron chi connectivity index (χ4n) is 3.69. The first-order valence-corrected chi connectivity index (χ1v) is 10.6. The molecule has 34 heavy (non-hydrogen) atoms. The number of benzene rings is 3. The maximum atomic E-state index is 13.3. The summed E-state index contributed by atoms with van der Waals surface area (Å²) in [6, 6.07) is 21.7. The molecule has 170 valence electrons. The number of aromatic nitrogens is 4. The molecule has 0 unspecified atom stereocenters. The number of para-hydroxylation sites is 5. The Balaban J connectivity index is 1.57. The molecule has 0 bridgehead atoms. The van der Waals surface area contributed by atoms with E-state index in [0.29, 0.717) is 28.2 Å². The van der Waals surface area contributed by atoms with Gasteiger partial charge in [0, 0.05) is 0 Å². The number of rotatable bonds is 6. The summed E-state index contributed by atoms with van der Waals surface area (Å²) in [6.45, 7) is 1.62. The van der Waals surface area contributed by atoms with Gasteiger partial charge in [0.15, 0.2) is 0 Å². The van der Waals surface area contributed by atoms with Crippen molar-refractivity contribution >= 4 is 28.3 Å². The third kappa shape index (κ3) is 3.83. The van der Waals surface area contributed by atoms with Crippen LogP contribution in [0, 0.1) is 6.92 Å². The summed E-state index contributed by atoms with van der Waals surface area (Å²) in [5.74, 6) is 0.869. The quantitative estimate of drug-likeness (QED) is 0.418. The number of hydrogen-bond acceptors (Lipinski definition) is 6. The minimum Gasteiger partial charge on any atom is -0.495 e. The summed E-state index contributed by atoms with van der Waals surface area (Å²) in [4.78, 5) is 30.6. The van der Waals surface area contributed by atoms with Crippen LogP contribution >= 0.6 is 0 Å². The molecule has 9 nitrogen and oxygen atoms in total. The Labute approximate surface area is 194 Å². The zero-order valence-corrected chi connectivity index (χ0v) is 18.6. The van der Waals surface area contributed by atoms with Crippen molar-refractivity contribution in [2.75, 3.05) is 12.4 Å². The zero-order valence-electron chi connectivity index (χ0n) is 18.6. The van der Waals surface area contributed by atoms with Crippen LogP contribution in [0.15, 0.2) is 77.6 Å². The number of carbonyl (C=O) groups excluding carboxylic acids is 1. The van der Waals surface area contributed by atoms with Crippen LogP contribution in [-0.4, -0.2) is 32.2 Å². The average molecular weight is 455 g/mol. The fraction of sp³-hybridized carbons (Fsp3) is 0.120. The van der Waals surface area contributed by atoms with E-state index >= 15 is 0 Å². The van der Waals surface area contributed by atoms with E-state index in [2.05, 4.69) is 15.4 Å². The van der Waals surface area contributed by atoms with Gasteiger partial charge in [0.1, 0.15) is 18.0 Å². The Morgan fingerprint density at radius 1 is 0.971 bits per heavy atom. The van der Waals surface area contributed by atoms with Crippen LogP contribution in [0.1, 0.15) is 5.56 Å². The van der Waals surface area contributed by atoms with Crippen LogP contribution < -0.4 is 20.5 Å². The molecule has 0 atom stereocenters. The number of nitrogens with one attached hydrogen (secondary N) is 1. The molecule has 5 rings (SSSR count). The highest BCUT2D eigenvalue weighted by Gasteiger charge is 2.19. The predicted molar refractivity (Wildman–Crippen MR) is 128 cm³/mol. The van der Waals surface area contributed by atoms with E-state index in [1.54, 1.807) is 36.4 Å². The summed E-state index contributed by atoms with van der Waals surface area (Å²) < 4.78 is 13.8. The van der Waals surface area contributed by atoms with E-state index in [4.69, 9.17) is 9.47 Å². The van der Waals surface area contributed by atoms with Crippen molar-refractivity contribution in [2.45, 2.75) is 13.5 Å². The number of methoxy groups -OCH3 is 1. The lowest BCUT2D eigenvalue weighted by Crippen LogP contribution is -2.28. The number of aryl methyl sites for hydroxylation is 1. The second kappa shape index (κ2) is 8.70. The molecule has 5 aromatic rings. The van der Waals surface area contributed by atoms with Gasteiger partial charge in [0.05, 0.1) is 23.8 Å². The second-order valence-corrected chi connectivity index (χ2v) is 7.62. The van der Waals surface area contributed by atoms with Crippen LogP contribution in [0.2, 0.25) is 0 Å². The molecule has 0 spiro atoms. The lowest BCUT2D eigenvalue weighted by molar-refractivity contribution is -0.117. The van der Waals surface area contributed by atoms with Gasteiger partial charge in [-0.05, 0) is 42.8 Å². The molecule has 3 aromatic carbocycles. The molecule has 0 aliphatic carbocycles.